The van der Waals surface area contributed by atoms with Gasteiger partial charge < -0.3 is 10.1 Å². The van der Waals surface area contributed by atoms with Crippen LogP contribution >= 0.6 is 0 Å². The molecule has 4 rings (SSSR count). The Hall–Kier alpha value is -4.07. The summed E-state index contributed by atoms with van der Waals surface area (Å²) in [6.45, 7) is 3.77. The predicted octanol–water partition coefficient (Wildman–Crippen LogP) is 5.73. The number of para-hydroxylation sites is 1. The minimum Gasteiger partial charge on any atom is -0.496 e. The maximum absolute atomic E-state index is 13.6. The van der Waals surface area contributed by atoms with Crippen molar-refractivity contribution in [3.8, 4) is 5.75 Å². The molecule has 5 nitrogen and oxygen atoms in total. The molecule has 0 spiro atoms. The number of alkyl halides is 3. The summed E-state index contributed by atoms with van der Waals surface area (Å²) in [7, 11) is 1.43. The van der Waals surface area contributed by atoms with E-state index < -0.39 is 23.6 Å². The number of anilines is 2. The van der Waals surface area contributed by atoms with Gasteiger partial charge in [-0.25, -0.2) is 4.90 Å². The number of rotatable bonds is 5. The molecule has 0 saturated carbocycles. The Labute approximate surface area is 194 Å². The number of imide groups is 1. The molecule has 3 aromatic carbocycles. The van der Waals surface area contributed by atoms with E-state index in [1.54, 1.807) is 42.5 Å². The van der Waals surface area contributed by atoms with E-state index >= 15 is 0 Å². The molecule has 174 valence electrons. The first-order chi connectivity index (χ1) is 16.1. The van der Waals surface area contributed by atoms with Gasteiger partial charge in [-0.05, 0) is 61.4 Å². The highest BCUT2D eigenvalue weighted by atomic mass is 19.4. The van der Waals surface area contributed by atoms with Crippen LogP contribution in [0.3, 0.4) is 0 Å². The maximum Gasteiger partial charge on any atom is 0.416 e. The topological polar surface area (TPSA) is 58.6 Å². The number of methoxy groups -OCH3 is 1. The van der Waals surface area contributed by atoms with E-state index in [4.69, 9.17) is 4.74 Å². The van der Waals surface area contributed by atoms with Crippen LogP contribution in [-0.4, -0.2) is 18.9 Å². The number of carbonyl (C=O) groups excluding carboxylic acids is 2. The Morgan fingerprint density at radius 2 is 1.59 bits per heavy atom. The summed E-state index contributed by atoms with van der Waals surface area (Å²) in [5.74, 6) is -0.928. The molecule has 0 bridgehead atoms. The van der Waals surface area contributed by atoms with Crippen LogP contribution in [0, 0.1) is 13.8 Å². The Morgan fingerprint density at radius 1 is 0.853 bits per heavy atom. The molecule has 1 N–H and O–H groups in total. The second kappa shape index (κ2) is 8.70. The lowest BCUT2D eigenvalue weighted by Gasteiger charge is -2.17. The molecule has 1 aliphatic heterocycles. The van der Waals surface area contributed by atoms with Gasteiger partial charge in [0.05, 0.1) is 23.9 Å². The molecule has 0 aromatic heterocycles. The van der Waals surface area contributed by atoms with E-state index in [9.17, 15) is 22.8 Å². The zero-order valence-electron chi connectivity index (χ0n) is 18.7. The number of hydrogen-bond acceptors (Lipinski definition) is 4. The van der Waals surface area contributed by atoms with Gasteiger partial charge in [0.15, 0.2) is 0 Å². The van der Waals surface area contributed by atoms with Gasteiger partial charge in [-0.3, -0.25) is 9.59 Å². The van der Waals surface area contributed by atoms with E-state index in [-0.39, 0.29) is 17.0 Å². The fourth-order valence-electron chi connectivity index (χ4n) is 3.76. The molecule has 0 unspecified atom stereocenters. The van der Waals surface area contributed by atoms with Crippen LogP contribution < -0.4 is 15.0 Å². The fraction of sp³-hybridized carbons (Fsp3) is 0.154. The first-order valence-corrected chi connectivity index (χ1v) is 10.4. The van der Waals surface area contributed by atoms with Crippen LogP contribution in [0.25, 0.3) is 5.57 Å². The molecule has 34 heavy (non-hydrogen) atoms. The zero-order valence-corrected chi connectivity index (χ0v) is 18.7. The molecule has 1 aliphatic rings. The van der Waals surface area contributed by atoms with Gasteiger partial charge in [0.2, 0.25) is 0 Å². The predicted molar refractivity (Wildman–Crippen MR) is 123 cm³/mol. The van der Waals surface area contributed by atoms with Gasteiger partial charge in [0.1, 0.15) is 11.4 Å². The summed E-state index contributed by atoms with van der Waals surface area (Å²) in [4.78, 5) is 28.1. The first kappa shape index (κ1) is 23.1. The summed E-state index contributed by atoms with van der Waals surface area (Å²) in [5, 5.41) is 2.77. The molecule has 0 fully saturated rings. The summed E-state index contributed by atoms with van der Waals surface area (Å²) in [6, 6.07) is 16.3. The Kier molecular flexibility index (Phi) is 5.91. The fourth-order valence-corrected chi connectivity index (χ4v) is 3.76. The standard InChI is InChI=1S/C26H21F3N2O3/c1-15-11-12-19(13-16(15)2)31-24(32)22(20-9-4-5-10-21(20)34-3)23(25(31)33)30-18-8-6-7-17(14-18)26(27,28)29/h4-14,30H,1-3H3. The molecular formula is C26H21F3N2O3. The molecule has 0 saturated heterocycles. The highest BCUT2D eigenvalue weighted by Gasteiger charge is 2.41. The number of nitrogens with zero attached hydrogens (tertiary/aromatic N) is 1. The minimum atomic E-state index is -4.56. The average molecular weight is 466 g/mol. The Morgan fingerprint density at radius 3 is 2.26 bits per heavy atom. The largest absolute Gasteiger partial charge is 0.496 e. The average Bonchev–Trinajstić information content (AvgIpc) is 3.04. The van der Waals surface area contributed by atoms with Crippen molar-refractivity contribution in [3.63, 3.8) is 0 Å². The van der Waals surface area contributed by atoms with Gasteiger partial charge in [-0.15, -0.1) is 0 Å². The smallest absolute Gasteiger partial charge is 0.416 e. The van der Waals surface area contributed by atoms with Crippen LogP contribution in [0.1, 0.15) is 22.3 Å². The van der Waals surface area contributed by atoms with E-state index in [1.165, 1.54) is 19.2 Å². The number of ether oxygens (including phenoxy) is 1. The van der Waals surface area contributed by atoms with E-state index in [0.717, 1.165) is 28.2 Å². The first-order valence-electron chi connectivity index (χ1n) is 10.4. The van der Waals surface area contributed by atoms with Crippen LogP contribution in [0.4, 0.5) is 24.5 Å². The highest BCUT2D eigenvalue weighted by molar-refractivity contribution is 6.46. The number of carbonyl (C=O) groups is 2. The van der Waals surface area contributed by atoms with Crippen molar-refractivity contribution in [2.45, 2.75) is 20.0 Å². The number of halogens is 3. The van der Waals surface area contributed by atoms with Crippen molar-refractivity contribution in [1.82, 2.24) is 0 Å². The number of hydrogen-bond donors (Lipinski definition) is 1. The zero-order chi connectivity index (χ0) is 24.6. The summed E-state index contributed by atoms with van der Waals surface area (Å²) in [5.41, 5.74) is 1.62. The van der Waals surface area contributed by atoms with Gasteiger partial charge >= 0.3 is 6.18 Å². The van der Waals surface area contributed by atoms with Crippen LogP contribution in [0.15, 0.2) is 72.4 Å². The minimum absolute atomic E-state index is 0.0121. The lowest BCUT2D eigenvalue weighted by Crippen LogP contribution is -2.32. The molecule has 2 amide bonds. The van der Waals surface area contributed by atoms with Gasteiger partial charge in [-0.2, -0.15) is 13.2 Å². The van der Waals surface area contributed by atoms with Crippen molar-refractivity contribution < 1.29 is 27.5 Å². The van der Waals surface area contributed by atoms with Crippen LogP contribution in [0.2, 0.25) is 0 Å². The van der Waals surface area contributed by atoms with Crippen molar-refractivity contribution in [1.29, 1.82) is 0 Å². The van der Waals surface area contributed by atoms with Crippen LogP contribution in [0.5, 0.6) is 5.75 Å². The molecular weight excluding hydrogens is 445 g/mol. The SMILES string of the molecule is COc1ccccc1C1=C(Nc2cccc(C(F)(F)F)c2)C(=O)N(c2ccc(C)c(C)c2)C1=O. The molecule has 0 atom stereocenters. The molecule has 3 aromatic rings. The van der Waals surface area contributed by atoms with Gasteiger partial charge in [0, 0.05) is 11.3 Å². The van der Waals surface area contributed by atoms with E-state index in [1.807, 2.05) is 13.8 Å². The van der Waals surface area contributed by atoms with Gasteiger partial charge in [-0.1, -0.05) is 30.3 Å². The number of aryl methyl sites for hydroxylation is 2. The quantitative estimate of drug-likeness (QED) is 0.488. The highest BCUT2D eigenvalue weighted by Crippen LogP contribution is 2.38. The second-order valence-corrected chi connectivity index (χ2v) is 7.87. The molecule has 0 radical (unpaired) electrons. The third-order valence-electron chi connectivity index (χ3n) is 5.67. The van der Waals surface area contributed by atoms with E-state index in [0.29, 0.717) is 17.0 Å². The third-order valence-corrected chi connectivity index (χ3v) is 5.67. The molecule has 1 heterocycles. The number of benzene rings is 3. The van der Waals surface area contributed by atoms with Gasteiger partial charge in [0.25, 0.3) is 11.8 Å². The van der Waals surface area contributed by atoms with Crippen LogP contribution in [-0.2, 0) is 15.8 Å². The monoisotopic (exact) mass is 466 g/mol. The normalized spacial score (nSPS) is 14.1. The molecule has 8 heteroatoms. The lowest BCUT2D eigenvalue weighted by atomic mass is 10.0. The summed E-state index contributed by atoms with van der Waals surface area (Å²) < 4.78 is 45.1. The maximum atomic E-state index is 13.6. The Balaban J connectivity index is 1.86. The molecule has 0 aliphatic carbocycles. The van der Waals surface area contributed by atoms with Crippen molar-refractivity contribution >= 4 is 28.8 Å². The summed E-state index contributed by atoms with van der Waals surface area (Å²) >= 11 is 0. The van der Waals surface area contributed by atoms with Crippen molar-refractivity contribution in [2.24, 2.45) is 0 Å². The Bertz CT molecular complexity index is 1330. The number of nitrogens with one attached hydrogen (secondary N) is 1. The number of amides is 2. The third kappa shape index (κ3) is 4.14. The van der Waals surface area contributed by atoms with E-state index in [2.05, 4.69) is 5.32 Å². The van der Waals surface area contributed by atoms with Crippen molar-refractivity contribution in [3.05, 3.63) is 94.7 Å². The second-order valence-electron chi connectivity index (χ2n) is 7.87. The summed E-state index contributed by atoms with van der Waals surface area (Å²) in [6.07, 6.45) is -4.56. The lowest BCUT2D eigenvalue weighted by molar-refractivity contribution is -0.137. The van der Waals surface area contributed by atoms with Crippen molar-refractivity contribution in [2.75, 3.05) is 17.3 Å².